The Morgan fingerprint density at radius 2 is 2.05 bits per heavy atom. The molecule has 2 aliphatic rings. The van der Waals surface area contributed by atoms with Crippen LogP contribution in [0.1, 0.15) is 24.9 Å². The summed E-state index contributed by atoms with van der Waals surface area (Å²) in [4.78, 5) is 24.8. The number of fused-ring (bicyclic) bond motifs is 1. The summed E-state index contributed by atoms with van der Waals surface area (Å²) < 4.78 is 5.70. The third-order valence-corrected chi connectivity index (χ3v) is 4.09. The molecule has 20 heavy (non-hydrogen) atoms. The Kier molecular flexibility index (Phi) is 3.22. The van der Waals surface area contributed by atoms with Gasteiger partial charge in [0.1, 0.15) is 5.75 Å². The summed E-state index contributed by atoms with van der Waals surface area (Å²) in [6.07, 6.45) is 0.238. The van der Waals surface area contributed by atoms with Crippen LogP contribution in [0.2, 0.25) is 0 Å². The Morgan fingerprint density at radius 1 is 1.30 bits per heavy atom. The number of carbonyl (C=O) groups is 2. The molecule has 3 unspecified atom stereocenters. The number of ether oxygens (including phenoxy) is 1. The molecule has 106 valence electrons. The number of hydrogen-bond acceptors (Lipinski definition) is 4. The molecule has 0 spiro atoms. The van der Waals surface area contributed by atoms with Crippen molar-refractivity contribution in [2.45, 2.75) is 25.4 Å². The minimum absolute atomic E-state index is 0.0354. The van der Waals surface area contributed by atoms with Crippen LogP contribution in [-0.2, 0) is 9.59 Å². The largest absolute Gasteiger partial charge is 0.493 e. The molecule has 1 N–H and O–H groups in total. The van der Waals surface area contributed by atoms with Crippen LogP contribution >= 0.6 is 0 Å². The van der Waals surface area contributed by atoms with E-state index in [4.69, 9.17) is 4.74 Å². The number of hydrogen-bond donors (Lipinski definition) is 1. The van der Waals surface area contributed by atoms with E-state index in [1.54, 1.807) is 0 Å². The summed E-state index contributed by atoms with van der Waals surface area (Å²) in [6.45, 7) is 2.69. The Morgan fingerprint density at radius 3 is 2.75 bits per heavy atom. The zero-order valence-corrected chi connectivity index (χ0v) is 11.6. The van der Waals surface area contributed by atoms with E-state index in [9.17, 15) is 9.59 Å². The average Bonchev–Trinajstić information content (AvgIpc) is 2.69. The van der Waals surface area contributed by atoms with Crippen molar-refractivity contribution in [1.29, 1.82) is 0 Å². The lowest BCUT2D eigenvalue weighted by Gasteiger charge is -2.33. The van der Waals surface area contributed by atoms with Gasteiger partial charge in [-0.2, -0.15) is 0 Å². The number of amides is 2. The Bertz CT molecular complexity index is 558. The molecule has 0 aromatic heterocycles. The highest BCUT2D eigenvalue weighted by Crippen LogP contribution is 2.35. The van der Waals surface area contributed by atoms with Crippen LogP contribution in [0.15, 0.2) is 24.3 Å². The highest BCUT2D eigenvalue weighted by molar-refractivity contribution is 6.05. The maximum absolute atomic E-state index is 12.0. The van der Waals surface area contributed by atoms with E-state index < -0.39 is 6.04 Å². The van der Waals surface area contributed by atoms with Gasteiger partial charge >= 0.3 is 0 Å². The van der Waals surface area contributed by atoms with Gasteiger partial charge in [-0.15, -0.1) is 0 Å². The second-order valence-electron chi connectivity index (χ2n) is 5.52. The number of imide groups is 1. The Balaban J connectivity index is 1.84. The van der Waals surface area contributed by atoms with Crippen LogP contribution < -0.4 is 10.1 Å². The maximum atomic E-state index is 12.0. The van der Waals surface area contributed by atoms with Crippen molar-refractivity contribution < 1.29 is 14.3 Å². The van der Waals surface area contributed by atoms with E-state index in [1.165, 1.54) is 11.9 Å². The molecule has 0 bridgehead atoms. The first-order chi connectivity index (χ1) is 9.58. The predicted octanol–water partition coefficient (Wildman–Crippen LogP) is 1.10. The van der Waals surface area contributed by atoms with Gasteiger partial charge in [0.05, 0.1) is 19.1 Å². The first-order valence-corrected chi connectivity index (χ1v) is 6.86. The van der Waals surface area contributed by atoms with Crippen molar-refractivity contribution in [2.24, 2.45) is 5.92 Å². The van der Waals surface area contributed by atoms with Crippen molar-refractivity contribution in [1.82, 2.24) is 10.2 Å². The van der Waals surface area contributed by atoms with E-state index in [-0.39, 0.29) is 30.2 Å². The molecule has 2 aliphatic heterocycles. The lowest BCUT2D eigenvalue weighted by Crippen LogP contribution is -2.43. The first-order valence-electron chi connectivity index (χ1n) is 6.86. The molecule has 1 aromatic rings. The monoisotopic (exact) mass is 274 g/mol. The Hall–Kier alpha value is -1.88. The second kappa shape index (κ2) is 4.90. The molecule has 2 heterocycles. The van der Waals surface area contributed by atoms with Crippen molar-refractivity contribution >= 4 is 11.8 Å². The third kappa shape index (κ3) is 2.08. The highest BCUT2D eigenvalue weighted by Gasteiger charge is 2.39. The molecule has 5 heteroatoms. The number of benzene rings is 1. The van der Waals surface area contributed by atoms with Gasteiger partial charge in [0.25, 0.3) is 0 Å². The van der Waals surface area contributed by atoms with Gasteiger partial charge in [-0.1, -0.05) is 25.1 Å². The number of rotatable bonds is 2. The van der Waals surface area contributed by atoms with E-state index in [0.29, 0.717) is 6.61 Å². The predicted molar refractivity (Wildman–Crippen MR) is 73.2 cm³/mol. The fourth-order valence-electron chi connectivity index (χ4n) is 2.85. The molecule has 2 amide bonds. The van der Waals surface area contributed by atoms with Crippen LogP contribution in [0.5, 0.6) is 5.75 Å². The molecule has 0 aliphatic carbocycles. The van der Waals surface area contributed by atoms with E-state index >= 15 is 0 Å². The van der Waals surface area contributed by atoms with Gasteiger partial charge < -0.3 is 4.74 Å². The van der Waals surface area contributed by atoms with E-state index in [2.05, 4.69) is 12.2 Å². The number of carbonyl (C=O) groups excluding carboxylic acids is 2. The van der Waals surface area contributed by atoms with Crippen molar-refractivity contribution in [3.63, 3.8) is 0 Å². The fraction of sp³-hybridized carbons (Fsp3) is 0.467. The first kappa shape index (κ1) is 13.1. The van der Waals surface area contributed by atoms with Gasteiger partial charge in [0.2, 0.25) is 11.8 Å². The molecule has 1 fully saturated rings. The molecular weight excluding hydrogens is 256 g/mol. The number of para-hydroxylation sites is 1. The summed E-state index contributed by atoms with van der Waals surface area (Å²) in [5, 5.41) is 3.34. The zero-order chi connectivity index (χ0) is 14.3. The second-order valence-corrected chi connectivity index (χ2v) is 5.52. The zero-order valence-electron chi connectivity index (χ0n) is 11.6. The van der Waals surface area contributed by atoms with E-state index in [0.717, 1.165) is 11.3 Å². The molecular formula is C15H18N2O3. The van der Waals surface area contributed by atoms with Gasteiger partial charge in [0, 0.05) is 24.6 Å². The SMILES string of the molecule is CC1COc2ccccc2C1NC1CC(=O)N(C)C1=O. The van der Waals surface area contributed by atoms with Crippen molar-refractivity contribution in [3.05, 3.63) is 29.8 Å². The van der Waals surface area contributed by atoms with Crippen LogP contribution in [0, 0.1) is 5.92 Å². The summed E-state index contributed by atoms with van der Waals surface area (Å²) >= 11 is 0. The minimum atomic E-state index is -0.425. The van der Waals surface area contributed by atoms with Gasteiger partial charge in [-0.25, -0.2) is 0 Å². The molecule has 1 aromatic carbocycles. The summed E-state index contributed by atoms with van der Waals surface area (Å²) in [5.41, 5.74) is 1.06. The Labute approximate surface area is 117 Å². The van der Waals surface area contributed by atoms with Crippen LogP contribution in [0.25, 0.3) is 0 Å². The lowest BCUT2D eigenvalue weighted by atomic mass is 9.91. The minimum Gasteiger partial charge on any atom is -0.493 e. The molecule has 5 nitrogen and oxygen atoms in total. The number of likely N-dealkylation sites (N-methyl/N-ethyl adjacent to an activating group) is 1. The molecule has 3 atom stereocenters. The lowest BCUT2D eigenvalue weighted by molar-refractivity contribution is -0.137. The normalized spacial score (nSPS) is 29.3. The van der Waals surface area contributed by atoms with Gasteiger partial charge in [-0.05, 0) is 6.07 Å². The number of nitrogens with zero attached hydrogens (tertiary/aromatic N) is 1. The van der Waals surface area contributed by atoms with Crippen LogP contribution in [-0.4, -0.2) is 36.4 Å². The summed E-state index contributed by atoms with van der Waals surface area (Å²) in [6, 6.07) is 7.45. The highest BCUT2D eigenvalue weighted by atomic mass is 16.5. The smallest absolute Gasteiger partial charge is 0.246 e. The number of likely N-dealkylation sites (tertiary alicyclic amines) is 1. The summed E-state index contributed by atoms with van der Waals surface area (Å²) in [5.74, 6) is 0.832. The van der Waals surface area contributed by atoms with Crippen molar-refractivity contribution in [2.75, 3.05) is 13.7 Å². The maximum Gasteiger partial charge on any atom is 0.246 e. The van der Waals surface area contributed by atoms with Crippen LogP contribution in [0.3, 0.4) is 0 Å². The fourth-order valence-corrected chi connectivity index (χ4v) is 2.85. The van der Waals surface area contributed by atoms with Crippen LogP contribution in [0.4, 0.5) is 0 Å². The topological polar surface area (TPSA) is 58.6 Å². The van der Waals surface area contributed by atoms with E-state index in [1.807, 2.05) is 24.3 Å². The molecule has 0 radical (unpaired) electrons. The molecule has 0 saturated carbocycles. The van der Waals surface area contributed by atoms with Gasteiger partial charge in [0.15, 0.2) is 0 Å². The molecule has 3 rings (SSSR count). The quantitative estimate of drug-likeness (QED) is 0.821. The number of nitrogens with one attached hydrogen (secondary N) is 1. The van der Waals surface area contributed by atoms with Gasteiger partial charge in [-0.3, -0.25) is 19.8 Å². The standard InChI is InChI=1S/C15H18N2O3/c1-9-8-20-12-6-4-3-5-10(12)14(9)16-11-7-13(18)17(2)15(11)19/h3-6,9,11,14,16H,7-8H2,1-2H3. The molecule has 1 saturated heterocycles. The average molecular weight is 274 g/mol. The third-order valence-electron chi connectivity index (χ3n) is 4.09. The van der Waals surface area contributed by atoms with Crippen molar-refractivity contribution in [3.8, 4) is 5.75 Å². The summed E-state index contributed by atoms with van der Waals surface area (Å²) in [7, 11) is 1.54.